The van der Waals surface area contributed by atoms with Crippen molar-refractivity contribution in [3.63, 3.8) is 0 Å². The van der Waals surface area contributed by atoms with E-state index in [1.165, 1.54) is 4.68 Å². The van der Waals surface area contributed by atoms with Crippen molar-refractivity contribution in [2.75, 3.05) is 13.1 Å². The summed E-state index contributed by atoms with van der Waals surface area (Å²) >= 11 is 0. The number of carbonyl (C=O) groups is 1. The van der Waals surface area contributed by atoms with Crippen molar-refractivity contribution in [2.24, 2.45) is 5.73 Å². The van der Waals surface area contributed by atoms with E-state index in [2.05, 4.69) is 10.3 Å². The molecule has 0 aliphatic rings. The third kappa shape index (κ3) is 5.37. The molecule has 0 aliphatic heterocycles. The van der Waals surface area contributed by atoms with E-state index in [0.717, 1.165) is 12.0 Å². The van der Waals surface area contributed by atoms with Crippen LogP contribution in [0.25, 0.3) is 10.9 Å². The molecular weight excluding hydrogens is 378 g/mol. The van der Waals surface area contributed by atoms with Crippen LogP contribution in [-0.2, 0) is 17.9 Å². The van der Waals surface area contributed by atoms with Crippen LogP contribution in [0.1, 0.15) is 18.4 Å². The van der Waals surface area contributed by atoms with E-state index in [4.69, 9.17) is 5.73 Å². The van der Waals surface area contributed by atoms with Crippen molar-refractivity contribution in [2.45, 2.75) is 25.9 Å². The van der Waals surface area contributed by atoms with Gasteiger partial charge in [-0.25, -0.2) is 4.68 Å². The number of aromatic nitrogens is 3. The molecule has 1 amide bonds. The SMILES string of the molecule is Cl.NCCCN(Cc1ccccc1)C(=O)CCn1nnc2ccccc2c1=O. The highest BCUT2D eigenvalue weighted by Gasteiger charge is 2.15. The molecule has 1 aromatic heterocycles. The van der Waals surface area contributed by atoms with Crippen molar-refractivity contribution in [1.82, 2.24) is 19.9 Å². The largest absolute Gasteiger partial charge is 0.338 e. The van der Waals surface area contributed by atoms with Gasteiger partial charge in [-0.1, -0.05) is 47.7 Å². The smallest absolute Gasteiger partial charge is 0.277 e. The van der Waals surface area contributed by atoms with Crippen LogP contribution >= 0.6 is 12.4 Å². The van der Waals surface area contributed by atoms with Gasteiger partial charge in [-0.15, -0.1) is 17.5 Å². The summed E-state index contributed by atoms with van der Waals surface area (Å²) in [6.45, 7) is 1.83. The Labute approximate surface area is 169 Å². The van der Waals surface area contributed by atoms with Crippen LogP contribution in [0.15, 0.2) is 59.4 Å². The zero-order valence-electron chi connectivity index (χ0n) is 15.5. The maximum Gasteiger partial charge on any atom is 0.277 e. The zero-order valence-corrected chi connectivity index (χ0v) is 16.3. The third-order valence-corrected chi connectivity index (χ3v) is 4.37. The van der Waals surface area contributed by atoms with Crippen molar-refractivity contribution in [3.05, 3.63) is 70.5 Å². The molecule has 3 aromatic rings. The molecule has 0 aliphatic carbocycles. The number of nitrogens with two attached hydrogens (primary N) is 1. The van der Waals surface area contributed by atoms with E-state index in [1.54, 1.807) is 23.1 Å². The highest BCUT2D eigenvalue weighted by atomic mass is 35.5. The predicted octanol–water partition coefficient (Wildman–Crippen LogP) is 1.98. The molecule has 0 saturated heterocycles. The molecular formula is C20H24ClN5O2. The molecule has 0 unspecified atom stereocenters. The van der Waals surface area contributed by atoms with Gasteiger partial charge in [-0.05, 0) is 30.7 Å². The molecule has 28 heavy (non-hydrogen) atoms. The Morgan fingerprint density at radius 3 is 2.54 bits per heavy atom. The van der Waals surface area contributed by atoms with E-state index in [1.807, 2.05) is 36.4 Å². The van der Waals surface area contributed by atoms with Gasteiger partial charge in [0.2, 0.25) is 5.91 Å². The predicted molar refractivity (Wildman–Crippen MR) is 111 cm³/mol. The van der Waals surface area contributed by atoms with Gasteiger partial charge in [0.25, 0.3) is 5.56 Å². The fraction of sp³-hybridized carbons (Fsp3) is 0.300. The molecule has 0 fully saturated rings. The van der Waals surface area contributed by atoms with Crippen molar-refractivity contribution >= 4 is 29.2 Å². The molecule has 2 N–H and O–H groups in total. The number of aryl methyl sites for hydroxylation is 1. The summed E-state index contributed by atoms with van der Waals surface area (Å²) in [4.78, 5) is 27.0. The highest BCUT2D eigenvalue weighted by molar-refractivity contribution is 5.85. The van der Waals surface area contributed by atoms with Crippen LogP contribution < -0.4 is 11.3 Å². The number of carbonyl (C=O) groups excluding carboxylic acids is 1. The molecule has 148 valence electrons. The maximum absolute atomic E-state index is 12.7. The topological polar surface area (TPSA) is 94.1 Å². The standard InChI is InChI=1S/C20H23N5O2.ClH/c21-12-6-13-24(15-16-7-2-1-3-8-16)19(26)11-14-25-20(27)17-9-4-5-10-18(17)22-23-25;/h1-5,7-10H,6,11-15,21H2;1H. The lowest BCUT2D eigenvalue weighted by Gasteiger charge is -2.23. The average Bonchev–Trinajstić information content (AvgIpc) is 2.71. The molecule has 0 saturated carbocycles. The molecule has 0 spiro atoms. The first kappa shape index (κ1) is 21.5. The van der Waals surface area contributed by atoms with Gasteiger partial charge in [0, 0.05) is 19.5 Å². The number of halogens is 1. The maximum atomic E-state index is 12.7. The van der Waals surface area contributed by atoms with E-state index >= 15 is 0 Å². The quantitative estimate of drug-likeness (QED) is 0.622. The fourth-order valence-electron chi connectivity index (χ4n) is 2.91. The Bertz CT molecular complexity index is 961. The first-order valence-electron chi connectivity index (χ1n) is 9.03. The number of fused-ring (bicyclic) bond motifs is 1. The van der Waals surface area contributed by atoms with Gasteiger partial charge in [0.1, 0.15) is 5.52 Å². The molecule has 1 heterocycles. The number of hydrogen-bond donors (Lipinski definition) is 1. The molecule has 0 atom stereocenters. The number of benzene rings is 2. The van der Waals surface area contributed by atoms with Crippen molar-refractivity contribution in [1.29, 1.82) is 0 Å². The third-order valence-electron chi connectivity index (χ3n) is 4.37. The van der Waals surface area contributed by atoms with E-state index < -0.39 is 0 Å². The van der Waals surface area contributed by atoms with Crippen LogP contribution in [-0.4, -0.2) is 38.9 Å². The molecule has 0 radical (unpaired) electrons. The summed E-state index contributed by atoms with van der Waals surface area (Å²) in [5.74, 6) is -0.0332. The summed E-state index contributed by atoms with van der Waals surface area (Å²) in [6.07, 6.45) is 0.915. The van der Waals surface area contributed by atoms with E-state index in [0.29, 0.717) is 30.5 Å². The Kier molecular flexibility index (Phi) is 8.10. The zero-order chi connectivity index (χ0) is 19.1. The minimum Gasteiger partial charge on any atom is -0.338 e. The van der Waals surface area contributed by atoms with Crippen LogP contribution in [0.4, 0.5) is 0 Å². The monoisotopic (exact) mass is 401 g/mol. The number of rotatable bonds is 8. The molecule has 8 heteroatoms. The van der Waals surface area contributed by atoms with Crippen LogP contribution in [0.5, 0.6) is 0 Å². The molecule has 3 rings (SSSR count). The van der Waals surface area contributed by atoms with Gasteiger partial charge in [0.05, 0.1) is 11.9 Å². The summed E-state index contributed by atoms with van der Waals surface area (Å²) in [5, 5.41) is 8.50. The average molecular weight is 402 g/mol. The van der Waals surface area contributed by atoms with Crippen LogP contribution in [0, 0.1) is 0 Å². The molecule has 0 bridgehead atoms. The second kappa shape index (κ2) is 10.5. The van der Waals surface area contributed by atoms with Gasteiger partial charge in [0.15, 0.2) is 0 Å². The first-order valence-corrected chi connectivity index (χ1v) is 9.03. The van der Waals surface area contributed by atoms with Gasteiger partial charge < -0.3 is 10.6 Å². The Morgan fingerprint density at radius 1 is 1.07 bits per heavy atom. The Balaban J connectivity index is 0.00000280. The van der Waals surface area contributed by atoms with Gasteiger partial charge >= 0.3 is 0 Å². The lowest BCUT2D eigenvalue weighted by Crippen LogP contribution is -2.34. The van der Waals surface area contributed by atoms with Crippen molar-refractivity contribution < 1.29 is 4.79 Å². The van der Waals surface area contributed by atoms with E-state index in [-0.39, 0.29) is 36.8 Å². The fourth-order valence-corrected chi connectivity index (χ4v) is 2.91. The Morgan fingerprint density at radius 2 is 1.79 bits per heavy atom. The van der Waals surface area contributed by atoms with Crippen LogP contribution in [0.2, 0.25) is 0 Å². The summed E-state index contributed by atoms with van der Waals surface area (Å²) in [5.41, 5.74) is 6.99. The Hall–Kier alpha value is -2.77. The lowest BCUT2D eigenvalue weighted by atomic mass is 10.2. The summed E-state index contributed by atoms with van der Waals surface area (Å²) in [6, 6.07) is 16.9. The first-order chi connectivity index (χ1) is 13.2. The number of nitrogens with zero attached hydrogens (tertiary/aromatic N) is 4. The van der Waals surface area contributed by atoms with Crippen LogP contribution in [0.3, 0.4) is 0 Å². The van der Waals surface area contributed by atoms with Gasteiger partial charge in [-0.2, -0.15) is 0 Å². The molecule has 2 aromatic carbocycles. The molecule has 7 nitrogen and oxygen atoms in total. The summed E-state index contributed by atoms with van der Waals surface area (Å²) < 4.78 is 1.25. The summed E-state index contributed by atoms with van der Waals surface area (Å²) in [7, 11) is 0. The van der Waals surface area contributed by atoms with E-state index in [9.17, 15) is 9.59 Å². The van der Waals surface area contributed by atoms with Gasteiger partial charge in [-0.3, -0.25) is 9.59 Å². The normalized spacial score (nSPS) is 10.5. The number of amides is 1. The van der Waals surface area contributed by atoms with Crippen molar-refractivity contribution in [3.8, 4) is 0 Å². The minimum absolute atomic E-state index is 0. The lowest BCUT2D eigenvalue weighted by molar-refractivity contribution is -0.132. The number of hydrogen-bond acceptors (Lipinski definition) is 5. The second-order valence-corrected chi connectivity index (χ2v) is 6.33. The second-order valence-electron chi connectivity index (χ2n) is 6.33. The highest BCUT2D eigenvalue weighted by Crippen LogP contribution is 2.08. The minimum atomic E-state index is -0.232.